The third-order valence-electron chi connectivity index (χ3n) is 5.34. The Morgan fingerprint density at radius 3 is 2.32 bits per heavy atom. The van der Waals surface area contributed by atoms with Gasteiger partial charge in [0, 0.05) is 34.0 Å². The maximum atomic E-state index is 12.6. The van der Waals surface area contributed by atoms with E-state index in [-0.39, 0.29) is 17.3 Å². The Kier molecular flexibility index (Phi) is 8.03. The van der Waals surface area contributed by atoms with E-state index in [0.29, 0.717) is 38.3 Å². The second-order valence-electron chi connectivity index (χ2n) is 7.72. The molecule has 184 valence electrons. The number of thioether (sulfide) groups is 1. The zero-order valence-electron chi connectivity index (χ0n) is 19.5. The summed E-state index contributed by atoms with van der Waals surface area (Å²) in [6, 6.07) is 24.1. The molecule has 0 aliphatic heterocycles. The molecule has 1 N–H and O–H groups in total. The average molecular weight is 531 g/mol. The predicted octanol–water partition coefficient (Wildman–Crippen LogP) is 6.59. The van der Waals surface area contributed by atoms with Gasteiger partial charge in [0.15, 0.2) is 0 Å². The summed E-state index contributed by atoms with van der Waals surface area (Å²) in [6.07, 6.45) is 0. The van der Waals surface area contributed by atoms with Crippen LogP contribution in [0.4, 0.5) is 11.4 Å². The van der Waals surface area contributed by atoms with Crippen LogP contribution in [-0.4, -0.2) is 28.7 Å². The van der Waals surface area contributed by atoms with Gasteiger partial charge in [-0.3, -0.25) is 14.9 Å². The van der Waals surface area contributed by atoms with Gasteiger partial charge in [-0.1, -0.05) is 35.5 Å². The van der Waals surface area contributed by atoms with E-state index in [1.165, 1.54) is 24.3 Å². The van der Waals surface area contributed by atoms with Crippen molar-refractivity contribution in [1.29, 1.82) is 5.26 Å². The van der Waals surface area contributed by atoms with E-state index in [2.05, 4.69) is 11.4 Å². The molecule has 0 spiro atoms. The van der Waals surface area contributed by atoms with Crippen molar-refractivity contribution in [2.24, 2.45) is 0 Å². The highest BCUT2D eigenvalue weighted by atomic mass is 35.5. The number of hydrogen-bond donors (Lipinski definition) is 1. The van der Waals surface area contributed by atoms with Gasteiger partial charge in [-0.2, -0.15) is 5.26 Å². The third kappa shape index (κ3) is 6.25. The molecule has 0 aliphatic carbocycles. The average Bonchev–Trinajstić information content (AvgIpc) is 2.92. The predicted molar refractivity (Wildman–Crippen MR) is 144 cm³/mol. The number of aromatic nitrogens is 1. The van der Waals surface area contributed by atoms with Crippen molar-refractivity contribution in [1.82, 2.24) is 4.98 Å². The minimum Gasteiger partial charge on any atom is -0.497 e. The normalized spacial score (nSPS) is 10.4. The maximum absolute atomic E-state index is 12.6. The van der Waals surface area contributed by atoms with Crippen molar-refractivity contribution >= 4 is 40.6 Å². The number of carbonyl (C=O) groups excluding carboxylic acids is 1. The molecule has 0 saturated carbocycles. The van der Waals surface area contributed by atoms with E-state index < -0.39 is 4.92 Å². The van der Waals surface area contributed by atoms with Crippen LogP contribution in [-0.2, 0) is 4.79 Å². The Hall–Kier alpha value is -4.39. The highest BCUT2D eigenvalue weighted by Gasteiger charge is 2.17. The summed E-state index contributed by atoms with van der Waals surface area (Å²) >= 11 is 7.19. The lowest BCUT2D eigenvalue weighted by Gasteiger charge is -2.13. The van der Waals surface area contributed by atoms with Crippen LogP contribution in [0.5, 0.6) is 5.75 Å². The van der Waals surface area contributed by atoms with Crippen LogP contribution in [0.25, 0.3) is 22.4 Å². The Labute approximate surface area is 222 Å². The fourth-order valence-corrected chi connectivity index (χ4v) is 4.43. The third-order valence-corrected chi connectivity index (χ3v) is 6.57. The van der Waals surface area contributed by atoms with Crippen molar-refractivity contribution in [3.8, 4) is 34.2 Å². The standard InChI is InChI=1S/C27H19ClN4O4S/c1-36-22-12-4-18(5-13-22)25-14-23(17-2-6-19(28)7-3-17)24(15-29)27(31-25)37-16-26(33)30-20-8-10-21(11-9-20)32(34)35/h2-14H,16H2,1H3,(H,30,33). The van der Waals surface area contributed by atoms with E-state index in [4.69, 9.17) is 21.3 Å². The second-order valence-corrected chi connectivity index (χ2v) is 9.12. The van der Waals surface area contributed by atoms with Crippen molar-refractivity contribution in [2.75, 3.05) is 18.2 Å². The molecule has 0 aliphatic rings. The summed E-state index contributed by atoms with van der Waals surface area (Å²) < 4.78 is 5.24. The Morgan fingerprint density at radius 2 is 1.73 bits per heavy atom. The van der Waals surface area contributed by atoms with Gasteiger partial charge in [-0.15, -0.1) is 0 Å². The molecule has 8 nitrogen and oxygen atoms in total. The number of carbonyl (C=O) groups is 1. The molecule has 1 aromatic heterocycles. The fraction of sp³-hybridized carbons (Fsp3) is 0.0741. The largest absolute Gasteiger partial charge is 0.497 e. The number of rotatable bonds is 8. The molecular formula is C27H19ClN4O4S. The number of pyridine rings is 1. The van der Waals surface area contributed by atoms with E-state index in [9.17, 15) is 20.2 Å². The van der Waals surface area contributed by atoms with Crippen LogP contribution in [0, 0.1) is 21.4 Å². The first-order valence-electron chi connectivity index (χ1n) is 10.9. The van der Waals surface area contributed by atoms with Crippen molar-refractivity contribution in [3.05, 3.63) is 99.6 Å². The topological polar surface area (TPSA) is 118 Å². The molecule has 0 unspecified atom stereocenters. The number of anilines is 1. The van der Waals surface area contributed by atoms with E-state index in [1.807, 2.05) is 42.5 Å². The number of nitriles is 1. The Balaban J connectivity index is 1.65. The van der Waals surface area contributed by atoms with Crippen LogP contribution in [0.3, 0.4) is 0 Å². The first-order chi connectivity index (χ1) is 17.9. The number of nitro groups is 1. The summed E-state index contributed by atoms with van der Waals surface area (Å²) in [5.74, 6) is 0.338. The van der Waals surface area contributed by atoms with Crippen molar-refractivity contribution in [3.63, 3.8) is 0 Å². The molecule has 0 bridgehead atoms. The van der Waals surface area contributed by atoms with Crippen molar-refractivity contribution < 1.29 is 14.5 Å². The number of benzene rings is 3. The SMILES string of the molecule is COc1ccc(-c2cc(-c3ccc(Cl)cc3)c(C#N)c(SCC(=O)Nc3ccc([N+](=O)[O-])cc3)n2)cc1. The minimum atomic E-state index is -0.509. The maximum Gasteiger partial charge on any atom is 0.269 e. The Morgan fingerprint density at radius 1 is 1.08 bits per heavy atom. The zero-order chi connectivity index (χ0) is 26.4. The smallest absolute Gasteiger partial charge is 0.269 e. The number of non-ortho nitro benzene ring substituents is 1. The quantitative estimate of drug-likeness (QED) is 0.155. The summed E-state index contributed by atoms with van der Waals surface area (Å²) in [4.78, 5) is 27.6. The molecule has 37 heavy (non-hydrogen) atoms. The summed E-state index contributed by atoms with van der Waals surface area (Å²) in [5, 5.41) is 24.5. The van der Waals surface area contributed by atoms with Gasteiger partial charge in [-0.05, 0) is 60.2 Å². The van der Waals surface area contributed by atoms with Gasteiger partial charge < -0.3 is 10.1 Å². The van der Waals surface area contributed by atoms with Gasteiger partial charge in [0.25, 0.3) is 5.69 Å². The van der Waals surface area contributed by atoms with Gasteiger partial charge in [0.1, 0.15) is 16.8 Å². The minimum absolute atomic E-state index is 0.0230. The molecule has 4 rings (SSSR count). The highest BCUT2D eigenvalue weighted by Crippen LogP contribution is 2.35. The van der Waals surface area contributed by atoms with Crippen molar-refractivity contribution in [2.45, 2.75) is 5.03 Å². The van der Waals surface area contributed by atoms with Gasteiger partial charge in [0.05, 0.1) is 29.0 Å². The Bertz CT molecular complexity index is 1490. The molecule has 0 saturated heterocycles. The number of amides is 1. The number of halogens is 1. The van der Waals surface area contributed by atoms with E-state index >= 15 is 0 Å². The van der Waals surface area contributed by atoms with E-state index in [1.54, 1.807) is 19.2 Å². The first-order valence-corrected chi connectivity index (χ1v) is 12.3. The van der Waals surface area contributed by atoms with Crippen LogP contribution in [0.1, 0.15) is 5.56 Å². The van der Waals surface area contributed by atoms with E-state index in [0.717, 1.165) is 22.9 Å². The van der Waals surface area contributed by atoms with Gasteiger partial charge in [-0.25, -0.2) is 4.98 Å². The molecule has 1 heterocycles. The number of nitrogens with one attached hydrogen (secondary N) is 1. The number of ether oxygens (including phenoxy) is 1. The number of nitro benzene ring substituents is 1. The second kappa shape index (κ2) is 11.6. The number of nitrogens with zero attached hydrogens (tertiary/aromatic N) is 3. The van der Waals surface area contributed by atoms with Gasteiger partial charge in [0.2, 0.25) is 5.91 Å². The fourth-order valence-electron chi connectivity index (χ4n) is 3.50. The number of hydrogen-bond acceptors (Lipinski definition) is 7. The summed E-state index contributed by atoms with van der Waals surface area (Å²) in [5.41, 5.74) is 3.60. The van der Waals surface area contributed by atoms with Crippen LogP contribution in [0.2, 0.25) is 5.02 Å². The molecule has 1 amide bonds. The van der Waals surface area contributed by atoms with Crippen LogP contribution < -0.4 is 10.1 Å². The molecule has 10 heteroatoms. The lowest BCUT2D eigenvalue weighted by Crippen LogP contribution is -2.14. The van der Waals surface area contributed by atoms with Crippen LogP contribution >= 0.6 is 23.4 Å². The summed E-state index contributed by atoms with van der Waals surface area (Å²) in [6.45, 7) is 0. The summed E-state index contributed by atoms with van der Waals surface area (Å²) in [7, 11) is 1.59. The monoisotopic (exact) mass is 530 g/mol. The lowest BCUT2D eigenvalue weighted by molar-refractivity contribution is -0.384. The molecule has 3 aromatic carbocycles. The van der Waals surface area contributed by atoms with Crippen LogP contribution in [0.15, 0.2) is 83.9 Å². The molecule has 4 aromatic rings. The first kappa shape index (κ1) is 25.7. The zero-order valence-corrected chi connectivity index (χ0v) is 21.0. The molecular weight excluding hydrogens is 512 g/mol. The lowest BCUT2D eigenvalue weighted by atomic mass is 9.99. The molecule has 0 fully saturated rings. The number of methoxy groups -OCH3 is 1. The highest BCUT2D eigenvalue weighted by molar-refractivity contribution is 8.00. The van der Waals surface area contributed by atoms with Gasteiger partial charge >= 0.3 is 0 Å². The molecule has 0 atom stereocenters. The molecule has 0 radical (unpaired) electrons.